The minimum Gasteiger partial charge on any atom is -0.360 e. The van der Waals surface area contributed by atoms with Crippen molar-refractivity contribution in [1.82, 2.24) is 0 Å². The fourth-order valence-corrected chi connectivity index (χ4v) is 2.57. The molecule has 1 rings (SSSR count). The monoisotopic (exact) mass is 209 g/mol. The molecule has 0 aliphatic heterocycles. The minimum atomic E-state index is -0.474. The van der Waals surface area contributed by atoms with Gasteiger partial charge < -0.3 is 4.74 Å². The van der Waals surface area contributed by atoms with Crippen molar-refractivity contribution in [3.05, 3.63) is 0 Å². The number of ether oxygens (including phenoxy) is 1. The van der Waals surface area contributed by atoms with Gasteiger partial charge in [-0.1, -0.05) is 20.3 Å². The van der Waals surface area contributed by atoms with Gasteiger partial charge in [-0.3, -0.25) is 0 Å². The number of hydrogen-bond donors (Lipinski definition) is 0. The van der Waals surface area contributed by atoms with Gasteiger partial charge in [-0.25, -0.2) is 0 Å². The molecule has 0 aromatic heterocycles. The van der Waals surface area contributed by atoms with Gasteiger partial charge in [0.15, 0.2) is 5.60 Å². The van der Waals surface area contributed by atoms with E-state index in [2.05, 4.69) is 19.9 Å². The third-order valence-corrected chi connectivity index (χ3v) is 3.64. The molecule has 2 nitrogen and oxygen atoms in total. The first-order valence-corrected chi connectivity index (χ1v) is 6.19. The number of hydrogen-bond acceptors (Lipinski definition) is 2. The van der Waals surface area contributed by atoms with Gasteiger partial charge in [0.05, 0.1) is 6.07 Å². The molecule has 0 heterocycles. The molecule has 0 aromatic carbocycles. The summed E-state index contributed by atoms with van der Waals surface area (Å²) in [6.45, 7) is 7.19. The predicted octanol–water partition coefficient (Wildman–Crippen LogP) is 3.52. The summed E-state index contributed by atoms with van der Waals surface area (Å²) < 4.78 is 5.67. The van der Waals surface area contributed by atoms with E-state index in [9.17, 15) is 5.26 Å². The van der Waals surface area contributed by atoms with Gasteiger partial charge in [0.1, 0.15) is 0 Å². The number of nitriles is 1. The number of nitrogens with zero attached hydrogens (tertiary/aromatic N) is 1. The molecule has 1 aliphatic carbocycles. The van der Waals surface area contributed by atoms with Gasteiger partial charge in [-0.05, 0) is 44.4 Å². The summed E-state index contributed by atoms with van der Waals surface area (Å²) in [6, 6.07) is 2.40. The molecule has 0 N–H and O–H groups in total. The summed E-state index contributed by atoms with van der Waals surface area (Å²) in [7, 11) is 0. The molecular weight excluding hydrogens is 186 g/mol. The van der Waals surface area contributed by atoms with Crippen LogP contribution in [0.2, 0.25) is 0 Å². The Balaban J connectivity index is 2.61. The zero-order chi connectivity index (χ0) is 11.3. The highest BCUT2D eigenvalue weighted by molar-refractivity contribution is 5.03. The van der Waals surface area contributed by atoms with Crippen LogP contribution < -0.4 is 0 Å². The molecule has 0 spiro atoms. The molecule has 1 saturated carbocycles. The van der Waals surface area contributed by atoms with Crippen LogP contribution in [0.3, 0.4) is 0 Å². The van der Waals surface area contributed by atoms with Crippen LogP contribution in [0, 0.1) is 23.2 Å². The van der Waals surface area contributed by atoms with E-state index in [-0.39, 0.29) is 0 Å². The molecule has 2 unspecified atom stereocenters. The smallest absolute Gasteiger partial charge is 0.154 e. The highest BCUT2D eigenvalue weighted by Crippen LogP contribution is 2.35. The Morgan fingerprint density at radius 3 is 2.67 bits per heavy atom. The van der Waals surface area contributed by atoms with Crippen LogP contribution in [-0.4, -0.2) is 12.2 Å². The van der Waals surface area contributed by atoms with E-state index in [1.807, 2.05) is 6.92 Å². The lowest BCUT2D eigenvalue weighted by molar-refractivity contribution is -0.00662. The maximum absolute atomic E-state index is 9.25. The molecule has 15 heavy (non-hydrogen) atoms. The lowest BCUT2D eigenvalue weighted by atomic mass is 9.88. The van der Waals surface area contributed by atoms with Crippen LogP contribution in [-0.2, 0) is 4.74 Å². The molecular formula is C13H23NO. The largest absolute Gasteiger partial charge is 0.360 e. The molecule has 0 radical (unpaired) electrons. The standard InChI is InChI=1S/C13H23NO/c1-4-15-13(10-14)8-5-6-12(7-9-13)11(2)3/h11-12H,4-9H2,1-3H3. The first-order valence-electron chi connectivity index (χ1n) is 6.19. The Morgan fingerprint density at radius 1 is 1.40 bits per heavy atom. The van der Waals surface area contributed by atoms with E-state index < -0.39 is 5.60 Å². The van der Waals surface area contributed by atoms with Gasteiger partial charge in [0.25, 0.3) is 0 Å². The molecule has 1 aliphatic rings. The molecule has 2 atom stereocenters. The third-order valence-electron chi connectivity index (χ3n) is 3.64. The quantitative estimate of drug-likeness (QED) is 0.666. The second-order valence-electron chi connectivity index (χ2n) is 4.97. The summed E-state index contributed by atoms with van der Waals surface area (Å²) in [6.07, 6.45) is 5.37. The van der Waals surface area contributed by atoms with Crippen molar-refractivity contribution in [2.75, 3.05) is 6.61 Å². The van der Waals surface area contributed by atoms with Crippen LogP contribution in [0.15, 0.2) is 0 Å². The van der Waals surface area contributed by atoms with Crippen LogP contribution in [0.25, 0.3) is 0 Å². The van der Waals surface area contributed by atoms with Gasteiger partial charge in [0.2, 0.25) is 0 Å². The molecule has 0 amide bonds. The fourth-order valence-electron chi connectivity index (χ4n) is 2.57. The zero-order valence-electron chi connectivity index (χ0n) is 10.3. The Bertz CT molecular complexity index is 231. The summed E-state index contributed by atoms with van der Waals surface area (Å²) in [5.41, 5.74) is -0.474. The second kappa shape index (κ2) is 5.51. The Hall–Kier alpha value is -0.550. The van der Waals surface area contributed by atoms with E-state index in [0.717, 1.165) is 37.5 Å². The Labute approximate surface area is 93.6 Å². The van der Waals surface area contributed by atoms with E-state index in [1.54, 1.807) is 0 Å². The van der Waals surface area contributed by atoms with E-state index in [0.29, 0.717) is 6.61 Å². The lowest BCUT2D eigenvalue weighted by Gasteiger charge is -2.25. The minimum absolute atomic E-state index is 0.474. The lowest BCUT2D eigenvalue weighted by Crippen LogP contribution is -2.30. The topological polar surface area (TPSA) is 33.0 Å². The van der Waals surface area contributed by atoms with Crippen molar-refractivity contribution < 1.29 is 4.74 Å². The third kappa shape index (κ3) is 3.21. The van der Waals surface area contributed by atoms with Crippen LogP contribution in [0.4, 0.5) is 0 Å². The van der Waals surface area contributed by atoms with Gasteiger partial charge in [-0.15, -0.1) is 0 Å². The van der Waals surface area contributed by atoms with Gasteiger partial charge in [-0.2, -0.15) is 5.26 Å². The summed E-state index contributed by atoms with van der Waals surface area (Å²) in [5, 5.41) is 9.25. The van der Waals surface area contributed by atoms with E-state index in [4.69, 9.17) is 4.74 Å². The van der Waals surface area contributed by atoms with Crippen molar-refractivity contribution in [3.63, 3.8) is 0 Å². The summed E-state index contributed by atoms with van der Waals surface area (Å²) >= 11 is 0. The van der Waals surface area contributed by atoms with Crippen molar-refractivity contribution in [1.29, 1.82) is 5.26 Å². The molecule has 1 fully saturated rings. The second-order valence-corrected chi connectivity index (χ2v) is 4.97. The van der Waals surface area contributed by atoms with Crippen LogP contribution in [0.5, 0.6) is 0 Å². The molecule has 2 heteroatoms. The molecule has 0 bridgehead atoms. The Kier molecular flexibility index (Phi) is 4.60. The van der Waals surface area contributed by atoms with E-state index in [1.165, 1.54) is 6.42 Å². The molecule has 0 saturated heterocycles. The van der Waals surface area contributed by atoms with Crippen LogP contribution >= 0.6 is 0 Å². The molecule has 86 valence electrons. The zero-order valence-corrected chi connectivity index (χ0v) is 10.3. The normalized spacial score (nSPS) is 32.3. The van der Waals surface area contributed by atoms with E-state index >= 15 is 0 Å². The highest BCUT2D eigenvalue weighted by atomic mass is 16.5. The first kappa shape index (κ1) is 12.5. The average Bonchev–Trinajstić information content (AvgIpc) is 2.42. The first-order chi connectivity index (χ1) is 7.13. The SMILES string of the molecule is CCOC1(C#N)CCCC(C(C)C)CC1. The van der Waals surface area contributed by atoms with Crippen molar-refractivity contribution in [2.45, 2.75) is 58.5 Å². The van der Waals surface area contributed by atoms with Gasteiger partial charge >= 0.3 is 0 Å². The predicted molar refractivity (Wildman–Crippen MR) is 61.4 cm³/mol. The summed E-state index contributed by atoms with van der Waals surface area (Å²) in [5.74, 6) is 1.52. The summed E-state index contributed by atoms with van der Waals surface area (Å²) in [4.78, 5) is 0. The van der Waals surface area contributed by atoms with Crippen molar-refractivity contribution >= 4 is 0 Å². The van der Waals surface area contributed by atoms with Crippen LogP contribution in [0.1, 0.15) is 52.9 Å². The average molecular weight is 209 g/mol. The van der Waals surface area contributed by atoms with Crippen molar-refractivity contribution in [2.24, 2.45) is 11.8 Å². The maximum Gasteiger partial charge on any atom is 0.154 e. The number of rotatable bonds is 3. The van der Waals surface area contributed by atoms with Gasteiger partial charge in [0, 0.05) is 6.61 Å². The maximum atomic E-state index is 9.25. The highest BCUT2D eigenvalue weighted by Gasteiger charge is 2.34. The molecule has 0 aromatic rings. The van der Waals surface area contributed by atoms with Crippen molar-refractivity contribution in [3.8, 4) is 6.07 Å². The fraction of sp³-hybridized carbons (Fsp3) is 0.923. The Morgan fingerprint density at radius 2 is 2.13 bits per heavy atom.